The van der Waals surface area contributed by atoms with E-state index in [9.17, 15) is 19.2 Å². The number of carbonyl (C=O) groups is 4. The van der Waals surface area contributed by atoms with Crippen molar-refractivity contribution in [2.24, 2.45) is 21.7 Å². The molecule has 0 bridgehead atoms. The van der Waals surface area contributed by atoms with Crippen LogP contribution in [0.5, 0.6) is 0 Å². The van der Waals surface area contributed by atoms with E-state index in [4.69, 9.17) is 9.57 Å². The Morgan fingerprint density at radius 1 is 0.424 bits per heavy atom. The summed E-state index contributed by atoms with van der Waals surface area (Å²) in [6.45, 7) is 51.1. The van der Waals surface area contributed by atoms with Gasteiger partial charge >= 0.3 is 11.9 Å². The predicted octanol–water partition coefficient (Wildman–Crippen LogP) is 13.7. The smallest absolute Gasteiger partial charge is 0.333 e. The fourth-order valence-corrected chi connectivity index (χ4v) is 8.54. The summed E-state index contributed by atoms with van der Waals surface area (Å²) < 4.78 is 5.37. The first-order valence-corrected chi connectivity index (χ1v) is 21.4. The summed E-state index contributed by atoms with van der Waals surface area (Å²) >= 11 is 0. The van der Waals surface area contributed by atoms with E-state index in [1.54, 1.807) is 0 Å². The molecule has 0 N–H and O–H groups in total. The van der Waals surface area contributed by atoms with Gasteiger partial charge in [0.25, 0.3) is 11.8 Å². The predicted molar refractivity (Wildman–Crippen MR) is 244 cm³/mol. The van der Waals surface area contributed by atoms with Gasteiger partial charge in [0.2, 0.25) is 0 Å². The van der Waals surface area contributed by atoms with Gasteiger partial charge in [0.1, 0.15) is 6.61 Å². The van der Waals surface area contributed by atoms with E-state index in [-0.39, 0.29) is 37.7 Å². The van der Waals surface area contributed by atoms with Crippen LogP contribution < -0.4 is 0 Å². The lowest BCUT2D eigenvalue weighted by Gasteiger charge is -2.28. The molecule has 0 aromatic rings. The summed E-state index contributed by atoms with van der Waals surface area (Å²) in [6.07, 6.45) is -0.362. The second-order valence-corrected chi connectivity index (χ2v) is 19.4. The zero-order valence-electron chi connectivity index (χ0n) is 41.4. The number of amides is 2. The van der Waals surface area contributed by atoms with Crippen molar-refractivity contribution in [1.82, 2.24) is 5.06 Å². The number of imide groups is 1. The topological polar surface area (TPSA) is 90.0 Å². The van der Waals surface area contributed by atoms with Gasteiger partial charge in [-0.05, 0) is 162 Å². The number of hydrogen-bond acceptors (Lipinski definition) is 6. The molecule has 1 aliphatic heterocycles. The molecular weight excluding hydrogens is 735 g/mol. The lowest BCUT2D eigenvalue weighted by atomic mass is 9.80. The number of nitrogens with zero attached hydrogens (tertiary/aromatic N) is 1. The number of allylic oxidation sites excluding steroid dienone is 14. The fraction of sp³-hybridized carbons (Fsp3) is 0.615. The lowest BCUT2D eigenvalue weighted by molar-refractivity contribution is -0.197. The quantitative estimate of drug-likeness (QED) is 0.196. The Labute approximate surface area is 358 Å². The van der Waals surface area contributed by atoms with Crippen LogP contribution in [-0.2, 0) is 28.8 Å². The average Bonchev–Trinajstić information content (AvgIpc) is 3.71. The zero-order chi connectivity index (χ0) is 46.1. The highest BCUT2D eigenvalue weighted by Crippen LogP contribution is 2.48. The maximum Gasteiger partial charge on any atom is 0.333 e. The van der Waals surface area contributed by atoms with Crippen molar-refractivity contribution in [3.05, 3.63) is 89.2 Å². The molecule has 0 atom stereocenters. The van der Waals surface area contributed by atoms with Crippen LogP contribution in [0.15, 0.2) is 89.2 Å². The molecule has 0 saturated carbocycles. The van der Waals surface area contributed by atoms with Crippen LogP contribution in [0.1, 0.15) is 185 Å². The SMILES string of the molecule is CC1=C(C)C(C)(C)C(C)=C1C.CC1=C(C)C(C)(C)C(C)=C1C.CC1=C(C)C(C)(C)C(C)=C1C.CC1=C(C)C(C)(COC(=O)CCC(=O)ON2C(=O)CCC2=O)C(C)=C1C. The minimum atomic E-state index is -0.809. The summed E-state index contributed by atoms with van der Waals surface area (Å²) in [5.41, 5.74) is 23.5. The molecule has 328 valence electrons. The Morgan fingerprint density at radius 3 is 0.898 bits per heavy atom. The Bertz CT molecular complexity index is 1790. The largest absolute Gasteiger partial charge is 0.464 e. The maximum absolute atomic E-state index is 12.0. The molecule has 1 saturated heterocycles. The molecule has 5 rings (SSSR count). The van der Waals surface area contributed by atoms with Crippen molar-refractivity contribution in [2.75, 3.05) is 6.61 Å². The van der Waals surface area contributed by atoms with E-state index in [1.807, 2.05) is 20.8 Å². The van der Waals surface area contributed by atoms with Crippen molar-refractivity contribution in [3.63, 3.8) is 0 Å². The van der Waals surface area contributed by atoms with Crippen LogP contribution >= 0.6 is 0 Å². The van der Waals surface area contributed by atoms with Crippen molar-refractivity contribution in [2.45, 2.75) is 185 Å². The maximum atomic E-state index is 12.0. The summed E-state index contributed by atoms with van der Waals surface area (Å²) in [7, 11) is 0. The minimum absolute atomic E-state index is 0.0330. The van der Waals surface area contributed by atoms with Crippen molar-refractivity contribution in [3.8, 4) is 0 Å². The molecular formula is C52H79NO6. The second kappa shape index (κ2) is 18.7. The van der Waals surface area contributed by atoms with Crippen LogP contribution in [0.4, 0.5) is 0 Å². The Balaban J connectivity index is 0.000000301. The number of hydroxylamine groups is 2. The first-order chi connectivity index (χ1) is 26.7. The summed E-state index contributed by atoms with van der Waals surface area (Å²) in [6, 6.07) is 0. The van der Waals surface area contributed by atoms with Crippen LogP contribution in [0.25, 0.3) is 0 Å². The van der Waals surface area contributed by atoms with E-state index in [2.05, 4.69) is 138 Å². The van der Waals surface area contributed by atoms with Gasteiger partial charge in [0.05, 0.1) is 12.8 Å². The van der Waals surface area contributed by atoms with Crippen LogP contribution in [0.2, 0.25) is 0 Å². The highest BCUT2D eigenvalue weighted by molar-refractivity contribution is 6.01. The summed E-state index contributed by atoms with van der Waals surface area (Å²) in [4.78, 5) is 51.2. The molecule has 0 spiro atoms. The lowest BCUT2D eigenvalue weighted by Crippen LogP contribution is -2.32. The van der Waals surface area contributed by atoms with E-state index < -0.39 is 23.8 Å². The Morgan fingerprint density at radius 2 is 0.661 bits per heavy atom. The standard InChI is InChI=1S/C19H25NO6.3C11H18/c1-11-12(2)14(4)19(5,13(11)3)10-25-17(23)8-9-18(24)26-20-15(21)6-7-16(20)22;3*1-7-8(2)10(4)11(5,6)9(7)3/h6-10H2,1-5H3;3*1-6H3. The molecule has 1 fully saturated rings. The normalized spacial score (nSPS) is 21.7. The van der Waals surface area contributed by atoms with E-state index in [1.165, 1.54) is 89.2 Å². The van der Waals surface area contributed by atoms with Gasteiger partial charge in [-0.3, -0.25) is 14.4 Å². The molecule has 2 amide bonds. The van der Waals surface area contributed by atoms with Crippen LogP contribution in [0.3, 0.4) is 0 Å². The number of rotatable bonds is 6. The van der Waals surface area contributed by atoms with Crippen molar-refractivity contribution >= 4 is 23.8 Å². The van der Waals surface area contributed by atoms with Gasteiger partial charge in [0.15, 0.2) is 0 Å². The van der Waals surface area contributed by atoms with Gasteiger partial charge in [-0.15, -0.1) is 5.06 Å². The second-order valence-electron chi connectivity index (χ2n) is 19.4. The van der Waals surface area contributed by atoms with Gasteiger partial charge in [-0.1, -0.05) is 86.1 Å². The molecule has 0 radical (unpaired) electrons. The molecule has 0 aromatic heterocycles. The molecule has 5 aliphatic rings. The Kier molecular flexibility index (Phi) is 16.2. The van der Waals surface area contributed by atoms with Gasteiger partial charge in [0, 0.05) is 34.5 Å². The minimum Gasteiger partial charge on any atom is -0.464 e. The van der Waals surface area contributed by atoms with Crippen LogP contribution in [-0.4, -0.2) is 35.4 Å². The first-order valence-electron chi connectivity index (χ1n) is 21.4. The highest BCUT2D eigenvalue weighted by atomic mass is 16.7. The molecule has 7 nitrogen and oxygen atoms in total. The van der Waals surface area contributed by atoms with Gasteiger partial charge < -0.3 is 9.57 Å². The number of esters is 1. The van der Waals surface area contributed by atoms with E-state index in [0.717, 1.165) is 0 Å². The van der Waals surface area contributed by atoms with Gasteiger partial charge in [-0.25, -0.2) is 4.79 Å². The zero-order valence-corrected chi connectivity index (χ0v) is 41.4. The summed E-state index contributed by atoms with van der Waals surface area (Å²) in [5, 5.41) is 0.473. The Hall–Kier alpha value is -4.00. The average molecular weight is 814 g/mol. The fourth-order valence-electron chi connectivity index (χ4n) is 8.54. The van der Waals surface area contributed by atoms with Gasteiger partial charge in [-0.2, -0.15) is 0 Å². The first kappa shape index (κ1) is 51.1. The third-order valence-corrected chi connectivity index (χ3v) is 16.3. The number of hydrogen-bond donors (Lipinski definition) is 0. The number of carbonyl (C=O) groups excluding carboxylic acids is 4. The molecule has 0 unspecified atom stereocenters. The third kappa shape index (κ3) is 10.1. The third-order valence-electron chi connectivity index (χ3n) is 16.3. The van der Waals surface area contributed by atoms with Crippen LogP contribution in [0, 0.1) is 21.7 Å². The van der Waals surface area contributed by atoms with E-state index in [0.29, 0.717) is 21.3 Å². The molecule has 7 heteroatoms. The highest BCUT2D eigenvalue weighted by Gasteiger charge is 2.38. The summed E-state index contributed by atoms with van der Waals surface area (Å²) in [5.74, 6) is -2.42. The molecule has 1 heterocycles. The van der Waals surface area contributed by atoms with Crippen molar-refractivity contribution < 1.29 is 28.8 Å². The monoisotopic (exact) mass is 814 g/mol. The molecule has 0 aromatic carbocycles. The molecule has 4 aliphatic carbocycles. The van der Waals surface area contributed by atoms with Crippen molar-refractivity contribution in [1.29, 1.82) is 0 Å². The number of ether oxygens (including phenoxy) is 1. The molecule has 59 heavy (non-hydrogen) atoms. The van der Waals surface area contributed by atoms with E-state index >= 15 is 0 Å².